The Labute approximate surface area is 158 Å². The number of hydrogen-bond acceptors (Lipinski definition) is 3. The molecule has 5 nitrogen and oxygen atoms in total. The normalized spacial score (nSPS) is 11.9. The van der Waals surface area contributed by atoms with Gasteiger partial charge in [-0.05, 0) is 37.3 Å². The van der Waals surface area contributed by atoms with Crippen molar-refractivity contribution in [2.45, 2.75) is 13.1 Å². The fraction of sp³-hybridized carbons (Fsp3) is 0.200. The molecular weight excluding hydrogens is 369 g/mol. The van der Waals surface area contributed by atoms with Gasteiger partial charge in [0.05, 0.1) is 18.5 Å². The van der Waals surface area contributed by atoms with Gasteiger partial charge in [-0.3, -0.25) is 4.68 Å². The van der Waals surface area contributed by atoms with Crippen LogP contribution in [0.5, 0.6) is 5.88 Å². The SMILES string of the molecule is COc1ccc(-c2cc3cc(-c4cc(C(F)(F)F)nn4C)ccc3[nH]2)c(C)n1. The maximum Gasteiger partial charge on any atom is 0.435 e. The number of hydrogen-bond donors (Lipinski definition) is 1. The van der Waals surface area contributed by atoms with Gasteiger partial charge < -0.3 is 9.72 Å². The number of fused-ring (bicyclic) bond motifs is 1. The topological polar surface area (TPSA) is 55.7 Å². The predicted molar refractivity (Wildman–Crippen MR) is 100 cm³/mol. The van der Waals surface area contributed by atoms with Gasteiger partial charge in [0.25, 0.3) is 0 Å². The molecule has 8 heteroatoms. The molecule has 0 amide bonds. The monoisotopic (exact) mass is 386 g/mol. The number of benzene rings is 1. The van der Waals surface area contributed by atoms with E-state index in [2.05, 4.69) is 15.1 Å². The number of halogens is 3. The van der Waals surface area contributed by atoms with Gasteiger partial charge in [-0.25, -0.2) is 4.98 Å². The van der Waals surface area contributed by atoms with Crippen molar-refractivity contribution < 1.29 is 17.9 Å². The van der Waals surface area contributed by atoms with Crippen molar-refractivity contribution in [3.63, 3.8) is 0 Å². The molecule has 0 bridgehead atoms. The number of alkyl halides is 3. The molecule has 3 heterocycles. The van der Waals surface area contributed by atoms with Crippen molar-refractivity contribution in [3.05, 3.63) is 53.9 Å². The molecule has 0 aliphatic heterocycles. The highest BCUT2D eigenvalue weighted by molar-refractivity contribution is 5.89. The number of aromatic amines is 1. The third-order valence-electron chi connectivity index (χ3n) is 4.65. The van der Waals surface area contributed by atoms with Crippen molar-refractivity contribution in [1.29, 1.82) is 0 Å². The molecule has 0 saturated heterocycles. The van der Waals surface area contributed by atoms with Crippen molar-refractivity contribution in [3.8, 4) is 28.4 Å². The number of ether oxygens (including phenoxy) is 1. The fourth-order valence-electron chi connectivity index (χ4n) is 3.25. The van der Waals surface area contributed by atoms with Gasteiger partial charge in [-0.1, -0.05) is 6.07 Å². The largest absolute Gasteiger partial charge is 0.481 e. The summed E-state index contributed by atoms with van der Waals surface area (Å²) in [7, 11) is 3.07. The van der Waals surface area contributed by atoms with Crippen molar-refractivity contribution in [2.75, 3.05) is 7.11 Å². The van der Waals surface area contributed by atoms with Gasteiger partial charge in [0.1, 0.15) is 0 Å². The lowest BCUT2D eigenvalue weighted by Crippen LogP contribution is -2.06. The number of methoxy groups -OCH3 is 1. The molecule has 0 atom stereocenters. The summed E-state index contributed by atoms with van der Waals surface area (Å²) in [4.78, 5) is 7.71. The van der Waals surface area contributed by atoms with Crippen LogP contribution < -0.4 is 4.74 Å². The zero-order valence-electron chi connectivity index (χ0n) is 15.4. The van der Waals surface area contributed by atoms with Crippen LogP contribution in [0.15, 0.2) is 42.5 Å². The first-order chi connectivity index (χ1) is 13.3. The Morgan fingerprint density at radius 1 is 1.07 bits per heavy atom. The number of pyridine rings is 1. The van der Waals surface area contributed by atoms with Gasteiger partial charge in [0, 0.05) is 40.8 Å². The molecule has 0 aliphatic carbocycles. The number of aryl methyl sites for hydroxylation is 2. The molecule has 0 unspecified atom stereocenters. The Morgan fingerprint density at radius 3 is 2.50 bits per heavy atom. The van der Waals surface area contributed by atoms with Gasteiger partial charge >= 0.3 is 6.18 Å². The Balaban J connectivity index is 1.76. The van der Waals surface area contributed by atoms with E-state index in [1.54, 1.807) is 19.2 Å². The highest BCUT2D eigenvalue weighted by atomic mass is 19.4. The van der Waals surface area contributed by atoms with Crippen LogP contribution in [0.1, 0.15) is 11.4 Å². The number of rotatable bonds is 3. The van der Waals surface area contributed by atoms with E-state index in [4.69, 9.17) is 4.74 Å². The molecule has 144 valence electrons. The molecule has 4 aromatic rings. The summed E-state index contributed by atoms with van der Waals surface area (Å²) in [5.74, 6) is 0.538. The molecule has 0 saturated carbocycles. The summed E-state index contributed by atoms with van der Waals surface area (Å²) in [6, 6.07) is 12.2. The van der Waals surface area contributed by atoms with E-state index in [0.29, 0.717) is 17.1 Å². The summed E-state index contributed by atoms with van der Waals surface area (Å²) >= 11 is 0. The first kappa shape index (κ1) is 18.1. The molecular formula is C20H17F3N4O. The smallest absolute Gasteiger partial charge is 0.435 e. The van der Waals surface area contributed by atoms with E-state index in [1.807, 2.05) is 31.2 Å². The first-order valence-corrected chi connectivity index (χ1v) is 8.52. The molecule has 4 rings (SSSR count). The van der Waals surface area contributed by atoms with Gasteiger partial charge in [-0.15, -0.1) is 0 Å². The van der Waals surface area contributed by atoms with Crippen LogP contribution in [-0.4, -0.2) is 26.9 Å². The van der Waals surface area contributed by atoms with Gasteiger partial charge in [0.15, 0.2) is 5.69 Å². The maximum absolute atomic E-state index is 12.9. The van der Waals surface area contributed by atoms with Crippen LogP contribution in [0.4, 0.5) is 13.2 Å². The lowest BCUT2D eigenvalue weighted by atomic mass is 10.1. The average molecular weight is 386 g/mol. The predicted octanol–water partition coefficient (Wildman–Crippen LogP) is 4.97. The summed E-state index contributed by atoms with van der Waals surface area (Å²) in [5, 5.41) is 4.47. The lowest BCUT2D eigenvalue weighted by Gasteiger charge is -2.05. The van der Waals surface area contributed by atoms with Crippen LogP contribution in [0.3, 0.4) is 0 Å². The third kappa shape index (κ3) is 3.11. The zero-order valence-corrected chi connectivity index (χ0v) is 15.4. The number of nitrogens with zero attached hydrogens (tertiary/aromatic N) is 3. The molecule has 1 aromatic carbocycles. The zero-order chi connectivity index (χ0) is 20.1. The second-order valence-electron chi connectivity index (χ2n) is 6.51. The average Bonchev–Trinajstić information content (AvgIpc) is 3.23. The second-order valence-corrected chi connectivity index (χ2v) is 6.51. The minimum atomic E-state index is -4.47. The van der Waals surface area contributed by atoms with Crippen LogP contribution in [0, 0.1) is 6.92 Å². The van der Waals surface area contributed by atoms with Crippen molar-refractivity contribution in [1.82, 2.24) is 19.7 Å². The molecule has 0 fully saturated rings. The number of aromatic nitrogens is 4. The van der Waals surface area contributed by atoms with Crippen LogP contribution in [-0.2, 0) is 13.2 Å². The molecule has 0 radical (unpaired) electrons. The standard InChI is InChI=1S/C20H17F3N4O/c1-11-14(5-7-19(24-11)28-3)16-9-13-8-12(4-6-15(13)25-16)17-10-18(20(21,22)23)26-27(17)2/h4-10,25H,1-3H3. The third-order valence-corrected chi connectivity index (χ3v) is 4.65. The minimum absolute atomic E-state index is 0.402. The van der Waals surface area contributed by atoms with E-state index in [0.717, 1.165) is 33.9 Å². The molecule has 3 aromatic heterocycles. The number of H-pyrrole nitrogens is 1. The maximum atomic E-state index is 12.9. The van der Waals surface area contributed by atoms with Crippen molar-refractivity contribution in [2.24, 2.45) is 7.05 Å². The minimum Gasteiger partial charge on any atom is -0.481 e. The van der Waals surface area contributed by atoms with E-state index in [-0.39, 0.29) is 0 Å². The summed E-state index contributed by atoms with van der Waals surface area (Å²) in [5.41, 5.74) is 3.66. The Hall–Kier alpha value is -3.29. The Kier molecular flexibility index (Phi) is 4.14. The Bertz CT molecular complexity index is 1170. The van der Waals surface area contributed by atoms with E-state index in [1.165, 1.54) is 11.7 Å². The van der Waals surface area contributed by atoms with Crippen LogP contribution in [0.2, 0.25) is 0 Å². The van der Waals surface area contributed by atoms with E-state index >= 15 is 0 Å². The van der Waals surface area contributed by atoms with E-state index in [9.17, 15) is 13.2 Å². The van der Waals surface area contributed by atoms with E-state index < -0.39 is 11.9 Å². The Morgan fingerprint density at radius 2 is 1.86 bits per heavy atom. The molecule has 1 N–H and O–H groups in total. The number of nitrogens with one attached hydrogen (secondary N) is 1. The summed E-state index contributed by atoms with van der Waals surface area (Å²) in [6.07, 6.45) is -4.47. The van der Waals surface area contributed by atoms with Gasteiger partial charge in [0.2, 0.25) is 5.88 Å². The summed E-state index contributed by atoms with van der Waals surface area (Å²) < 4.78 is 45.2. The summed E-state index contributed by atoms with van der Waals surface area (Å²) in [6.45, 7) is 1.89. The quantitative estimate of drug-likeness (QED) is 0.541. The van der Waals surface area contributed by atoms with Crippen LogP contribution in [0.25, 0.3) is 33.4 Å². The molecule has 0 spiro atoms. The fourth-order valence-corrected chi connectivity index (χ4v) is 3.25. The first-order valence-electron chi connectivity index (χ1n) is 8.52. The van der Waals surface area contributed by atoms with Crippen LogP contribution >= 0.6 is 0 Å². The van der Waals surface area contributed by atoms with Gasteiger partial charge in [-0.2, -0.15) is 18.3 Å². The molecule has 0 aliphatic rings. The highest BCUT2D eigenvalue weighted by Crippen LogP contribution is 2.33. The highest BCUT2D eigenvalue weighted by Gasteiger charge is 2.34. The van der Waals surface area contributed by atoms with Crippen molar-refractivity contribution >= 4 is 10.9 Å². The second kappa shape index (κ2) is 6.40. The lowest BCUT2D eigenvalue weighted by molar-refractivity contribution is -0.141. The molecule has 28 heavy (non-hydrogen) atoms.